The summed E-state index contributed by atoms with van der Waals surface area (Å²) in [6.45, 7) is 6.38. The van der Waals surface area contributed by atoms with E-state index in [1.165, 1.54) is 13.8 Å². The number of amides is 1. The summed E-state index contributed by atoms with van der Waals surface area (Å²) in [6.07, 6.45) is -1.29. The first-order valence-electron chi connectivity index (χ1n) is 16.4. The number of carbonyl (C=O) groups is 3. The highest BCUT2D eigenvalue weighted by Crippen LogP contribution is 2.60. The lowest BCUT2D eigenvalue weighted by molar-refractivity contribution is -0.166. The van der Waals surface area contributed by atoms with Crippen LogP contribution in [0.2, 0.25) is 0 Å². The number of hydrogen-bond acceptors (Lipinski definition) is 8. The second-order valence-electron chi connectivity index (χ2n) is 12.4. The summed E-state index contributed by atoms with van der Waals surface area (Å²) in [5.41, 5.74) is 10.9. The number of benzene rings is 4. The van der Waals surface area contributed by atoms with Crippen molar-refractivity contribution in [2.75, 3.05) is 6.16 Å². The third kappa shape index (κ3) is 11.0. The van der Waals surface area contributed by atoms with Gasteiger partial charge in [-0.15, -0.1) is 0 Å². The first-order valence-corrected chi connectivity index (χ1v) is 18.2. The highest BCUT2D eigenvalue weighted by molar-refractivity contribution is 7.59. The smallest absolute Gasteiger partial charge is 0.328 e. The summed E-state index contributed by atoms with van der Waals surface area (Å²) in [6, 6.07) is 34.7. The molecule has 5 atom stereocenters. The Hall–Kier alpha value is -4.56. The molecule has 0 aliphatic heterocycles. The van der Waals surface area contributed by atoms with Crippen molar-refractivity contribution in [2.45, 2.75) is 58.8 Å². The van der Waals surface area contributed by atoms with Crippen LogP contribution in [0.3, 0.4) is 0 Å². The molecule has 0 bridgehead atoms. The first kappa shape index (κ1) is 37.3. The predicted molar refractivity (Wildman–Crippen MR) is 190 cm³/mol. The van der Waals surface area contributed by atoms with E-state index >= 15 is 4.57 Å². The van der Waals surface area contributed by atoms with Gasteiger partial charge in [-0.1, -0.05) is 129 Å². The zero-order valence-electron chi connectivity index (χ0n) is 28.4. The van der Waals surface area contributed by atoms with Crippen LogP contribution in [0.15, 0.2) is 115 Å². The van der Waals surface area contributed by atoms with Gasteiger partial charge in [-0.25, -0.2) is 4.79 Å². The topological polar surface area (TPSA) is 134 Å². The summed E-state index contributed by atoms with van der Waals surface area (Å²) < 4.78 is 32.1. The molecule has 0 aliphatic rings. The molecule has 0 heterocycles. The van der Waals surface area contributed by atoms with E-state index < -0.39 is 49.2 Å². The number of ether oxygens (including phenoxy) is 2. The van der Waals surface area contributed by atoms with Gasteiger partial charge in [0, 0.05) is 19.0 Å². The van der Waals surface area contributed by atoms with E-state index in [0.717, 1.165) is 22.3 Å². The third-order valence-corrected chi connectivity index (χ3v) is 10.7. The van der Waals surface area contributed by atoms with Gasteiger partial charge in [0.05, 0.1) is 5.92 Å². The fraction of sp³-hybridized carbons (Fsp3) is 0.308. The van der Waals surface area contributed by atoms with E-state index in [0.29, 0.717) is 5.56 Å². The summed E-state index contributed by atoms with van der Waals surface area (Å²) in [5, 5.41) is 2.77. The van der Waals surface area contributed by atoms with E-state index in [2.05, 4.69) is 5.32 Å². The molecule has 4 unspecified atom stereocenters. The standard InChI is InChI=1S/C39H45N2O7P/c1-27(2)39(47-29(4)42)48-49(45,36(40)34-18-12-7-13-19-34)26-35(24-30-20-22-33(23-21-30)32-16-10-6-11-17-32)37(43)41-28(3)38(44)46-25-31-14-8-5-9-15-31/h5-23,27-28,35-36,39H,24-26,40H2,1-4H3,(H,41,43)/t28-,35?,36?,39?,49?/m0/s1. The Labute approximate surface area is 288 Å². The van der Waals surface area contributed by atoms with Crippen LogP contribution in [0.25, 0.3) is 11.1 Å². The Morgan fingerprint density at radius 2 is 1.31 bits per heavy atom. The van der Waals surface area contributed by atoms with Crippen LogP contribution in [0.1, 0.15) is 50.2 Å². The van der Waals surface area contributed by atoms with Crippen LogP contribution in [0.5, 0.6) is 0 Å². The van der Waals surface area contributed by atoms with Crippen molar-refractivity contribution in [1.29, 1.82) is 0 Å². The lowest BCUT2D eigenvalue weighted by atomic mass is 9.97. The number of carbonyl (C=O) groups excluding carboxylic acids is 3. The monoisotopic (exact) mass is 684 g/mol. The highest BCUT2D eigenvalue weighted by Gasteiger charge is 2.41. The van der Waals surface area contributed by atoms with Gasteiger partial charge in [-0.2, -0.15) is 0 Å². The predicted octanol–water partition coefficient (Wildman–Crippen LogP) is 7.26. The SMILES string of the molecule is CC(=O)OC(OP(=O)(CC(Cc1ccc(-c2ccccc2)cc1)C(=O)N[C@@H](C)C(=O)OCc1ccccc1)C(N)c1ccccc1)C(C)C. The van der Waals surface area contributed by atoms with Crippen LogP contribution in [-0.2, 0) is 46.0 Å². The molecule has 10 heteroatoms. The minimum atomic E-state index is -4.00. The van der Waals surface area contributed by atoms with Gasteiger partial charge in [0.15, 0.2) is 0 Å². The molecule has 0 saturated heterocycles. The molecule has 0 spiro atoms. The van der Waals surface area contributed by atoms with E-state index in [1.54, 1.807) is 38.1 Å². The van der Waals surface area contributed by atoms with Crippen LogP contribution < -0.4 is 11.1 Å². The molecule has 0 radical (unpaired) electrons. The van der Waals surface area contributed by atoms with Crippen LogP contribution in [0, 0.1) is 11.8 Å². The van der Waals surface area contributed by atoms with Gasteiger partial charge in [0.2, 0.25) is 19.6 Å². The van der Waals surface area contributed by atoms with E-state index in [-0.39, 0.29) is 25.1 Å². The maximum atomic E-state index is 15.0. The van der Waals surface area contributed by atoms with E-state index in [1.807, 2.05) is 91.0 Å². The van der Waals surface area contributed by atoms with Crippen molar-refractivity contribution in [1.82, 2.24) is 5.32 Å². The van der Waals surface area contributed by atoms with Crippen molar-refractivity contribution in [3.8, 4) is 11.1 Å². The van der Waals surface area contributed by atoms with Gasteiger partial charge in [0.1, 0.15) is 18.4 Å². The van der Waals surface area contributed by atoms with E-state index in [9.17, 15) is 14.4 Å². The fourth-order valence-corrected chi connectivity index (χ4v) is 7.88. The van der Waals surface area contributed by atoms with Gasteiger partial charge >= 0.3 is 11.9 Å². The zero-order valence-corrected chi connectivity index (χ0v) is 29.3. The molecule has 49 heavy (non-hydrogen) atoms. The molecular formula is C39H45N2O7P. The van der Waals surface area contributed by atoms with Crippen LogP contribution in [0.4, 0.5) is 0 Å². The highest BCUT2D eigenvalue weighted by atomic mass is 31.2. The van der Waals surface area contributed by atoms with Gasteiger partial charge in [-0.3, -0.25) is 18.7 Å². The Kier molecular flexibility index (Phi) is 13.5. The van der Waals surface area contributed by atoms with E-state index in [4.69, 9.17) is 19.7 Å². The van der Waals surface area contributed by atoms with Crippen LogP contribution in [-0.4, -0.2) is 36.3 Å². The largest absolute Gasteiger partial charge is 0.459 e. The average molecular weight is 685 g/mol. The number of rotatable bonds is 16. The molecule has 0 aromatic heterocycles. The Morgan fingerprint density at radius 3 is 1.88 bits per heavy atom. The lowest BCUT2D eigenvalue weighted by Crippen LogP contribution is -2.44. The van der Waals surface area contributed by atoms with Crippen molar-refractivity contribution >= 4 is 25.2 Å². The molecule has 0 aliphatic carbocycles. The molecule has 3 N–H and O–H groups in total. The zero-order chi connectivity index (χ0) is 35.4. The number of nitrogens with one attached hydrogen (secondary N) is 1. The van der Waals surface area contributed by atoms with Crippen LogP contribution >= 0.6 is 7.37 Å². The summed E-state index contributed by atoms with van der Waals surface area (Å²) in [4.78, 5) is 38.9. The van der Waals surface area contributed by atoms with Gasteiger partial charge < -0.3 is 20.5 Å². The quantitative estimate of drug-likeness (QED) is 0.0716. The maximum Gasteiger partial charge on any atom is 0.328 e. The molecule has 0 saturated carbocycles. The second kappa shape index (κ2) is 17.7. The van der Waals surface area contributed by atoms with Crippen molar-refractivity contribution < 1.29 is 32.9 Å². The third-order valence-electron chi connectivity index (χ3n) is 8.00. The molecule has 9 nitrogen and oxygen atoms in total. The maximum absolute atomic E-state index is 15.0. The van der Waals surface area contributed by atoms with Crippen molar-refractivity contribution in [3.05, 3.63) is 132 Å². The lowest BCUT2D eigenvalue weighted by Gasteiger charge is -2.33. The van der Waals surface area contributed by atoms with Gasteiger partial charge in [0.25, 0.3) is 0 Å². The summed E-state index contributed by atoms with van der Waals surface area (Å²) in [5.74, 6) is -4.17. The normalized spacial score (nSPS) is 14.9. The minimum absolute atomic E-state index is 0.0544. The van der Waals surface area contributed by atoms with Gasteiger partial charge in [-0.05, 0) is 41.2 Å². The Bertz CT molecular complexity index is 1700. The molecule has 4 aromatic carbocycles. The molecule has 4 aromatic rings. The molecule has 1 amide bonds. The molecule has 258 valence electrons. The minimum Gasteiger partial charge on any atom is -0.459 e. The number of esters is 2. The second-order valence-corrected chi connectivity index (χ2v) is 15.0. The first-order chi connectivity index (χ1) is 23.4. The molecule has 0 fully saturated rings. The molecular weight excluding hydrogens is 639 g/mol. The summed E-state index contributed by atoms with van der Waals surface area (Å²) >= 11 is 0. The fourth-order valence-electron chi connectivity index (χ4n) is 5.26. The molecule has 4 rings (SSSR count). The number of hydrogen-bond donors (Lipinski definition) is 2. The van der Waals surface area contributed by atoms with Crippen molar-refractivity contribution in [3.63, 3.8) is 0 Å². The Balaban J connectivity index is 1.64. The summed E-state index contributed by atoms with van der Waals surface area (Å²) in [7, 11) is -4.00. The van der Waals surface area contributed by atoms with Crippen molar-refractivity contribution in [2.24, 2.45) is 17.6 Å². The average Bonchev–Trinajstić information content (AvgIpc) is 3.11. The Morgan fingerprint density at radius 1 is 0.755 bits per heavy atom. The number of nitrogens with two attached hydrogens (primary N) is 1.